The van der Waals surface area contributed by atoms with Gasteiger partial charge in [0.2, 0.25) is 11.2 Å². The van der Waals surface area contributed by atoms with Crippen LogP contribution in [0.15, 0.2) is 6.07 Å². The lowest BCUT2D eigenvalue weighted by atomic mass is 9.81. The van der Waals surface area contributed by atoms with Gasteiger partial charge in [0.15, 0.2) is 0 Å². The number of carbonyl (C=O) groups is 1. The third-order valence-electron chi connectivity index (χ3n) is 3.48. The van der Waals surface area contributed by atoms with Crippen molar-refractivity contribution >= 4 is 34.9 Å². The molecular formula is C12H12Cl2F3N3O. The number of hydrogen-bond acceptors (Lipinski definition) is 3. The Morgan fingerprint density at radius 2 is 1.81 bits per heavy atom. The summed E-state index contributed by atoms with van der Waals surface area (Å²) in [6.45, 7) is 0. The van der Waals surface area contributed by atoms with Crippen LogP contribution in [-0.4, -0.2) is 22.1 Å². The first-order chi connectivity index (χ1) is 9.75. The summed E-state index contributed by atoms with van der Waals surface area (Å²) in [6, 6.07) is 1.33. The predicted octanol–water partition coefficient (Wildman–Crippen LogP) is 4.09. The van der Waals surface area contributed by atoms with Crippen LogP contribution in [-0.2, 0) is 4.79 Å². The van der Waals surface area contributed by atoms with E-state index in [0.29, 0.717) is 0 Å². The zero-order chi connectivity index (χ0) is 15.6. The van der Waals surface area contributed by atoms with E-state index in [2.05, 4.69) is 15.3 Å². The normalized spacial score (nSPS) is 22.9. The number of halogens is 5. The second-order valence-electron chi connectivity index (χ2n) is 4.92. The number of aromatic nitrogens is 2. The Kier molecular flexibility index (Phi) is 4.93. The molecule has 0 spiro atoms. The first-order valence-corrected chi connectivity index (χ1v) is 7.09. The summed E-state index contributed by atoms with van der Waals surface area (Å²) < 4.78 is 37.7. The van der Waals surface area contributed by atoms with Crippen LogP contribution in [0.3, 0.4) is 0 Å². The Morgan fingerprint density at radius 1 is 1.19 bits per heavy atom. The maximum Gasteiger partial charge on any atom is 0.391 e. The van der Waals surface area contributed by atoms with Gasteiger partial charge in [-0.15, -0.1) is 0 Å². The van der Waals surface area contributed by atoms with Gasteiger partial charge in [0.05, 0.1) is 5.92 Å². The van der Waals surface area contributed by atoms with Crippen molar-refractivity contribution in [1.29, 1.82) is 0 Å². The van der Waals surface area contributed by atoms with Crippen LogP contribution in [0.5, 0.6) is 0 Å². The molecule has 0 aromatic carbocycles. The Labute approximate surface area is 129 Å². The maximum absolute atomic E-state index is 12.6. The molecule has 1 aliphatic carbocycles. The number of amides is 1. The molecule has 21 heavy (non-hydrogen) atoms. The van der Waals surface area contributed by atoms with Crippen molar-refractivity contribution in [3.05, 3.63) is 16.5 Å². The van der Waals surface area contributed by atoms with Crippen LogP contribution in [0, 0.1) is 11.8 Å². The molecule has 0 unspecified atom stereocenters. The van der Waals surface area contributed by atoms with Crippen molar-refractivity contribution in [3.63, 3.8) is 0 Å². The topological polar surface area (TPSA) is 54.9 Å². The second kappa shape index (κ2) is 6.36. The van der Waals surface area contributed by atoms with Crippen LogP contribution in [0.4, 0.5) is 19.0 Å². The number of hydrogen-bond donors (Lipinski definition) is 1. The van der Waals surface area contributed by atoms with Crippen LogP contribution < -0.4 is 5.32 Å². The average Bonchev–Trinajstić information content (AvgIpc) is 2.36. The highest BCUT2D eigenvalue weighted by Gasteiger charge is 2.42. The molecular weight excluding hydrogens is 330 g/mol. The molecule has 4 nitrogen and oxygen atoms in total. The number of nitrogens with one attached hydrogen (secondary N) is 1. The summed E-state index contributed by atoms with van der Waals surface area (Å²) in [6.07, 6.45) is -3.86. The van der Waals surface area contributed by atoms with E-state index in [9.17, 15) is 18.0 Å². The molecule has 1 aromatic rings. The fourth-order valence-corrected chi connectivity index (χ4v) is 2.77. The fourth-order valence-electron chi connectivity index (χ4n) is 2.37. The molecule has 0 atom stereocenters. The van der Waals surface area contributed by atoms with Crippen molar-refractivity contribution < 1.29 is 18.0 Å². The van der Waals surface area contributed by atoms with E-state index in [1.165, 1.54) is 6.07 Å². The zero-order valence-electron chi connectivity index (χ0n) is 10.8. The summed E-state index contributed by atoms with van der Waals surface area (Å²) in [5.74, 6) is -2.01. The number of anilines is 1. The van der Waals surface area contributed by atoms with Crippen molar-refractivity contribution in [1.82, 2.24) is 9.97 Å². The van der Waals surface area contributed by atoms with Gasteiger partial charge in [0, 0.05) is 12.0 Å². The lowest BCUT2D eigenvalue weighted by Crippen LogP contribution is -2.32. The predicted molar refractivity (Wildman–Crippen MR) is 72.2 cm³/mol. The number of rotatable bonds is 2. The van der Waals surface area contributed by atoms with E-state index in [4.69, 9.17) is 23.2 Å². The average molecular weight is 342 g/mol. The molecule has 0 radical (unpaired) electrons. The van der Waals surface area contributed by atoms with E-state index in [1.54, 1.807) is 0 Å². The number of alkyl halides is 3. The fraction of sp³-hybridized carbons (Fsp3) is 0.583. The van der Waals surface area contributed by atoms with E-state index >= 15 is 0 Å². The SMILES string of the molecule is O=C(Nc1cc(Cl)nc(Cl)n1)C1CCC(C(F)(F)F)CC1. The maximum atomic E-state index is 12.6. The minimum absolute atomic E-state index is 0.0348. The van der Waals surface area contributed by atoms with Gasteiger partial charge in [0.25, 0.3) is 0 Å². The van der Waals surface area contributed by atoms with Crippen LogP contribution >= 0.6 is 23.2 Å². The van der Waals surface area contributed by atoms with Gasteiger partial charge in [0.1, 0.15) is 11.0 Å². The number of carbonyl (C=O) groups excluding carboxylic acids is 1. The summed E-state index contributed by atoms with van der Waals surface area (Å²) >= 11 is 11.3. The minimum atomic E-state index is -4.19. The quantitative estimate of drug-likeness (QED) is 0.651. The smallest absolute Gasteiger partial charge is 0.310 e. The summed E-state index contributed by atoms with van der Waals surface area (Å²) in [5.41, 5.74) is 0. The number of nitrogens with zero attached hydrogens (tertiary/aromatic N) is 2. The highest BCUT2D eigenvalue weighted by Crippen LogP contribution is 2.39. The molecule has 1 amide bonds. The van der Waals surface area contributed by atoms with E-state index in [-0.39, 0.29) is 47.8 Å². The molecule has 1 N–H and O–H groups in total. The van der Waals surface area contributed by atoms with Gasteiger partial charge in [-0.05, 0) is 37.3 Å². The van der Waals surface area contributed by atoms with Crippen LogP contribution in [0.2, 0.25) is 10.4 Å². The van der Waals surface area contributed by atoms with E-state index < -0.39 is 18.0 Å². The molecule has 1 aliphatic rings. The van der Waals surface area contributed by atoms with Gasteiger partial charge in [-0.25, -0.2) is 9.97 Å². The summed E-state index contributed by atoms with van der Waals surface area (Å²) in [5, 5.41) is 2.47. The lowest BCUT2D eigenvalue weighted by Gasteiger charge is -2.28. The molecule has 0 saturated heterocycles. The first kappa shape index (κ1) is 16.3. The monoisotopic (exact) mass is 341 g/mol. The van der Waals surface area contributed by atoms with E-state index in [0.717, 1.165) is 0 Å². The van der Waals surface area contributed by atoms with Crippen molar-refractivity contribution in [3.8, 4) is 0 Å². The van der Waals surface area contributed by atoms with Crippen molar-refractivity contribution in [2.45, 2.75) is 31.9 Å². The minimum Gasteiger partial charge on any atom is -0.310 e. The third-order valence-corrected chi connectivity index (χ3v) is 3.84. The van der Waals surface area contributed by atoms with Gasteiger partial charge in [-0.2, -0.15) is 13.2 Å². The Morgan fingerprint density at radius 3 is 2.33 bits per heavy atom. The summed E-state index contributed by atoms with van der Waals surface area (Å²) in [7, 11) is 0. The summed E-state index contributed by atoms with van der Waals surface area (Å²) in [4.78, 5) is 19.4. The largest absolute Gasteiger partial charge is 0.391 e. The molecule has 116 valence electrons. The highest BCUT2D eigenvalue weighted by molar-refractivity contribution is 6.32. The molecule has 1 fully saturated rings. The van der Waals surface area contributed by atoms with Crippen LogP contribution in [0.25, 0.3) is 0 Å². The van der Waals surface area contributed by atoms with Crippen LogP contribution in [0.1, 0.15) is 25.7 Å². The second-order valence-corrected chi connectivity index (χ2v) is 5.65. The third kappa shape index (κ3) is 4.44. The Hall–Kier alpha value is -1.08. The lowest BCUT2D eigenvalue weighted by molar-refractivity contribution is -0.184. The molecule has 1 saturated carbocycles. The van der Waals surface area contributed by atoms with Crippen molar-refractivity contribution in [2.24, 2.45) is 11.8 Å². The Bertz CT molecular complexity index is 511. The molecule has 2 rings (SSSR count). The molecule has 0 aliphatic heterocycles. The van der Waals surface area contributed by atoms with Gasteiger partial charge < -0.3 is 5.32 Å². The van der Waals surface area contributed by atoms with Gasteiger partial charge in [-0.1, -0.05) is 11.6 Å². The Balaban J connectivity index is 1.93. The molecule has 1 heterocycles. The standard InChI is InChI=1S/C12H12Cl2F3N3O/c13-8-5-9(20-11(14)18-8)19-10(21)6-1-3-7(4-2-6)12(15,16)17/h5-7H,1-4H2,(H,18,19,20,21). The first-order valence-electron chi connectivity index (χ1n) is 6.33. The van der Waals surface area contributed by atoms with Gasteiger partial charge in [-0.3, -0.25) is 4.79 Å². The van der Waals surface area contributed by atoms with Crippen molar-refractivity contribution in [2.75, 3.05) is 5.32 Å². The van der Waals surface area contributed by atoms with E-state index in [1.807, 2.05) is 0 Å². The molecule has 0 bridgehead atoms. The molecule has 1 aromatic heterocycles. The van der Waals surface area contributed by atoms with Gasteiger partial charge >= 0.3 is 6.18 Å². The zero-order valence-corrected chi connectivity index (χ0v) is 12.3. The molecule has 9 heteroatoms. The highest BCUT2D eigenvalue weighted by atomic mass is 35.5.